The molecule has 0 heterocycles. The molecule has 4 N–H and O–H groups in total. The van der Waals surface area contributed by atoms with Crippen LogP contribution in [0.5, 0.6) is 0 Å². The van der Waals surface area contributed by atoms with Gasteiger partial charge in [0.05, 0.1) is 9.98 Å². The van der Waals surface area contributed by atoms with Crippen LogP contribution in [0.25, 0.3) is 0 Å². The summed E-state index contributed by atoms with van der Waals surface area (Å²) in [5.74, 6) is -0.109. The largest absolute Gasteiger partial charge is 0.292 e. The third-order valence-corrected chi connectivity index (χ3v) is 3.74. The van der Waals surface area contributed by atoms with Gasteiger partial charge in [0, 0.05) is 11.8 Å². The summed E-state index contributed by atoms with van der Waals surface area (Å²) in [7, 11) is 0. The molecule has 6 nitrogen and oxygen atoms in total. The first-order chi connectivity index (χ1) is 9.06. The molecular formula is C11H16N4O2S2. The molecule has 0 radical (unpaired) electrons. The average Bonchev–Trinajstić information content (AvgIpc) is 3.23. The summed E-state index contributed by atoms with van der Waals surface area (Å²) in [5, 5.41) is 0. The highest BCUT2D eigenvalue weighted by Gasteiger charge is 2.27. The molecular weight excluding hydrogens is 284 g/mol. The molecule has 2 aliphatic carbocycles. The smallest absolute Gasteiger partial charge is 0.247 e. The van der Waals surface area contributed by atoms with Gasteiger partial charge in [-0.2, -0.15) is 0 Å². The van der Waals surface area contributed by atoms with Crippen molar-refractivity contribution in [3.63, 3.8) is 0 Å². The van der Waals surface area contributed by atoms with E-state index in [0.717, 1.165) is 25.7 Å². The van der Waals surface area contributed by atoms with Gasteiger partial charge in [-0.1, -0.05) is 24.4 Å². The molecule has 2 amide bonds. The molecule has 0 aromatic carbocycles. The van der Waals surface area contributed by atoms with Gasteiger partial charge in [-0.3, -0.25) is 31.3 Å². The maximum absolute atomic E-state index is 11.4. The number of nitrogens with one attached hydrogen (secondary N) is 4. The molecule has 0 unspecified atom stereocenters. The Morgan fingerprint density at radius 2 is 1.16 bits per heavy atom. The third-order valence-electron chi connectivity index (χ3n) is 2.87. The van der Waals surface area contributed by atoms with E-state index in [0.29, 0.717) is 21.8 Å². The molecule has 2 rings (SSSR count). The van der Waals surface area contributed by atoms with Crippen LogP contribution >= 0.6 is 24.4 Å². The van der Waals surface area contributed by atoms with Gasteiger partial charge in [0.25, 0.3) is 0 Å². The Bertz CT molecular complexity index is 381. The first-order valence-electron chi connectivity index (χ1n) is 6.23. The minimum absolute atomic E-state index is 0.277. The minimum Gasteiger partial charge on any atom is -0.292 e. The van der Waals surface area contributed by atoms with Crippen LogP contribution in [0.1, 0.15) is 32.1 Å². The predicted molar refractivity (Wildman–Crippen MR) is 77.8 cm³/mol. The zero-order valence-electron chi connectivity index (χ0n) is 10.3. The maximum atomic E-state index is 11.4. The molecule has 0 aliphatic heterocycles. The number of thiocarbonyl (C=S) groups is 2. The van der Waals surface area contributed by atoms with Crippen molar-refractivity contribution in [2.24, 2.45) is 11.8 Å². The molecule has 2 aliphatic rings. The van der Waals surface area contributed by atoms with Crippen LogP contribution in [-0.2, 0) is 9.59 Å². The van der Waals surface area contributed by atoms with E-state index in [1.807, 2.05) is 0 Å². The molecule has 0 aromatic heterocycles. The van der Waals surface area contributed by atoms with Crippen LogP contribution in [0.3, 0.4) is 0 Å². The number of hydrogen-bond donors (Lipinski definition) is 4. The highest BCUT2D eigenvalue weighted by Crippen LogP contribution is 2.29. The van der Waals surface area contributed by atoms with E-state index in [2.05, 4.69) is 21.7 Å². The fourth-order valence-electron chi connectivity index (χ4n) is 1.39. The monoisotopic (exact) mass is 300 g/mol. The molecule has 104 valence electrons. The summed E-state index contributed by atoms with van der Waals surface area (Å²) in [6.07, 6.45) is 3.96. The number of carbonyl (C=O) groups excluding carboxylic acids is 2. The lowest BCUT2D eigenvalue weighted by molar-refractivity contribution is -0.129. The molecule has 2 saturated carbocycles. The van der Waals surface area contributed by atoms with E-state index >= 15 is 0 Å². The van der Waals surface area contributed by atoms with Gasteiger partial charge >= 0.3 is 0 Å². The molecule has 0 spiro atoms. The lowest BCUT2D eigenvalue weighted by Crippen LogP contribution is -2.46. The number of rotatable bonds is 4. The molecule has 2 fully saturated rings. The normalized spacial score (nSPS) is 17.3. The van der Waals surface area contributed by atoms with Gasteiger partial charge in [0.2, 0.25) is 11.8 Å². The highest BCUT2D eigenvalue weighted by atomic mass is 32.1. The molecule has 0 atom stereocenters. The Labute approximate surface area is 122 Å². The van der Waals surface area contributed by atoms with Crippen molar-refractivity contribution in [2.75, 3.05) is 0 Å². The molecule has 0 saturated heterocycles. The predicted octanol–water partition coefficient (Wildman–Crippen LogP) is 0.0929. The van der Waals surface area contributed by atoms with Crippen molar-refractivity contribution in [2.45, 2.75) is 32.1 Å². The van der Waals surface area contributed by atoms with Crippen molar-refractivity contribution in [1.29, 1.82) is 0 Å². The lowest BCUT2D eigenvalue weighted by Gasteiger charge is -2.10. The summed E-state index contributed by atoms with van der Waals surface area (Å²) in [4.78, 5) is 24.1. The molecule has 0 bridgehead atoms. The highest BCUT2D eigenvalue weighted by molar-refractivity contribution is 7.80. The van der Waals surface area contributed by atoms with Gasteiger partial charge < -0.3 is 0 Å². The molecule has 0 aromatic rings. The molecule has 19 heavy (non-hydrogen) atoms. The van der Waals surface area contributed by atoms with Gasteiger partial charge in [-0.15, -0.1) is 0 Å². The fraction of sp³-hybridized carbons (Fsp3) is 0.636. The zero-order chi connectivity index (χ0) is 13.8. The van der Waals surface area contributed by atoms with Gasteiger partial charge in [0.15, 0.2) is 0 Å². The van der Waals surface area contributed by atoms with Crippen LogP contribution in [0.4, 0.5) is 0 Å². The van der Waals surface area contributed by atoms with E-state index < -0.39 is 11.8 Å². The first-order valence-corrected chi connectivity index (χ1v) is 7.05. The standard InChI is InChI=1S/C11H16N4O2S2/c16-8(12-14-10(18)6-1-2-6)5-9(17)13-15-11(19)7-3-4-7/h6-7H,1-5H2,(H,12,16)(H,13,17)(H,14,18)(H,15,19). The second-order valence-corrected chi connectivity index (χ2v) is 5.68. The molecule has 8 heteroatoms. The van der Waals surface area contributed by atoms with Crippen molar-refractivity contribution in [3.05, 3.63) is 0 Å². The van der Waals surface area contributed by atoms with E-state index in [1.165, 1.54) is 0 Å². The van der Waals surface area contributed by atoms with Gasteiger partial charge in [-0.25, -0.2) is 0 Å². The van der Waals surface area contributed by atoms with Crippen LogP contribution in [0, 0.1) is 11.8 Å². The zero-order valence-corrected chi connectivity index (χ0v) is 12.0. The quantitative estimate of drug-likeness (QED) is 0.335. The topological polar surface area (TPSA) is 82.3 Å². The number of hydrazine groups is 2. The summed E-state index contributed by atoms with van der Waals surface area (Å²) < 4.78 is 0. The van der Waals surface area contributed by atoms with Gasteiger partial charge in [0.1, 0.15) is 6.42 Å². The van der Waals surface area contributed by atoms with E-state index in [1.54, 1.807) is 0 Å². The average molecular weight is 300 g/mol. The second kappa shape index (κ2) is 6.25. The Morgan fingerprint density at radius 1 is 0.789 bits per heavy atom. The number of amides is 2. The van der Waals surface area contributed by atoms with Crippen LogP contribution in [0.2, 0.25) is 0 Å². The fourth-order valence-corrected chi connectivity index (χ4v) is 1.97. The SMILES string of the molecule is O=C(CC(=O)NNC(=S)C1CC1)NNC(=S)C1CC1. The Morgan fingerprint density at radius 3 is 1.47 bits per heavy atom. The summed E-state index contributed by atoms with van der Waals surface area (Å²) in [6, 6.07) is 0. The summed E-state index contributed by atoms with van der Waals surface area (Å²) in [5.41, 5.74) is 10.1. The first kappa shape index (κ1) is 14.1. The Balaban J connectivity index is 1.56. The Kier molecular flexibility index (Phi) is 4.65. The van der Waals surface area contributed by atoms with Crippen molar-refractivity contribution in [3.8, 4) is 0 Å². The Hall–Kier alpha value is -1.28. The maximum Gasteiger partial charge on any atom is 0.247 e. The number of hydrogen-bond acceptors (Lipinski definition) is 4. The number of carbonyl (C=O) groups is 2. The minimum atomic E-state index is -0.431. The van der Waals surface area contributed by atoms with Crippen molar-refractivity contribution >= 4 is 46.2 Å². The van der Waals surface area contributed by atoms with Crippen LogP contribution in [-0.4, -0.2) is 21.8 Å². The van der Waals surface area contributed by atoms with Gasteiger partial charge in [-0.05, 0) is 25.7 Å². The van der Waals surface area contributed by atoms with Crippen molar-refractivity contribution < 1.29 is 9.59 Å². The second-order valence-electron chi connectivity index (χ2n) is 4.80. The van der Waals surface area contributed by atoms with E-state index in [4.69, 9.17) is 24.4 Å². The van der Waals surface area contributed by atoms with Crippen molar-refractivity contribution in [1.82, 2.24) is 21.7 Å². The van der Waals surface area contributed by atoms with E-state index in [9.17, 15) is 9.59 Å². The van der Waals surface area contributed by atoms with Crippen LogP contribution < -0.4 is 21.7 Å². The lowest BCUT2D eigenvalue weighted by atomic mass is 10.4. The third kappa shape index (κ3) is 5.07. The van der Waals surface area contributed by atoms with E-state index in [-0.39, 0.29) is 6.42 Å². The summed E-state index contributed by atoms with van der Waals surface area (Å²) in [6.45, 7) is 0. The van der Waals surface area contributed by atoms with Crippen LogP contribution in [0.15, 0.2) is 0 Å². The summed E-state index contributed by atoms with van der Waals surface area (Å²) >= 11 is 10.1.